The van der Waals surface area contributed by atoms with Gasteiger partial charge < -0.3 is 15.0 Å². The van der Waals surface area contributed by atoms with Crippen molar-refractivity contribution in [1.82, 2.24) is 24.8 Å². The topological polar surface area (TPSA) is 93.1 Å². The van der Waals surface area contributed by atoms with Gasteiger partial charge in [-0.1, -0.05) is 0 Å². The van der Waals surface area contributed by atoms with Gasteiger partial charge in [0.2, 0.25) is 11.8 Å². The predicted octanol–water partition coefficient (Wildman–Crippen LogP) is 3.52. The molecule has 5 heterocycles. The number of aromatic nitrogens is 4. The van der Waals surface area contributed by atoms with Crippen LogP contribution in [0.5, 0.6) is 5.88 Å². The van der Waals surface area contributed by atoms with Gasteiger partial charge in [0, 0.05) is 42.7 Å². The zero-order valence-corrected chi connectivity index (χ0v) is 19.5. The number of carbonyl (C=O) groups is 1. The highest BCUT2D eigenvalue weighted by molar-refractivity contribution is 5.84. The molecule has 3 aromatic heterocycles. The molecule has 5 rings (SSSR count). The van der Waals surface area contributed by atoms with Gasteiger partial charge in [-0.15, -0.1) is 0 Å². The number of hydrogen-bond acceptors (Lipinski definition) is 7. The van der Waals surface area contributed by atoms with Crippen LogP contribution in [0.25, 0.3) is 11.4 Å². The summed E-state index contributed by atoms with van der Waals surface area (Å²) in [6.07, 6.45) is 7.11. The Hall–Kier alpha value is -3.62. The number of amides is 1. The summed E-state index contributed by atoms with van der Waals surface area (Å²) in [5, 5.41) is 3.64. The summed E-state index contributed by atoms with van der Waals surface area (Å²) < 4.78 is 19.5. The summed E-state index contributed by atoms with van der Waals surface area (Å²) >= 11 is 0. The fourth-order valence-electron chi connectivity index (χ4n) is 4.95. The zero-order chi connectivity index (χ0) is 23.9. The number of aryl methyl sites for hydroxylation is 2. The Morgan fingerprint density at radius 1 is 1.24 bits per heavy atom. The Balaban J connectivity index is 1.33. The number of methoxy groups -OCH3 is 1. The molecule has 3 aromatic rings. The first-order chi connectivity index (χ1) is 16.4. The van der Waals surface area contributed by atoms with Crippen LogP contribution >= 0.6 is 0 Å². The van der Waals surface area contributed by atoms with E-state index >= 15 is 0 Å². The molecule has 176 valence electrons. The van der Waals surface area contributed by atoms with E-state index in [1.165, 1.54) is 13.2 Å². The van der Waals surface area contributed by atoms with Gasteiger partial charge in [0.25, 0.3) is 0 Å². The number of likely N-dealkylation sites (tertiary alicyclic amines) is 1. The number of ether oxygens (including phenoxy) is 1. The zero-order valence-electron chi connectivity index (χ0n) is 19.5. The van der Waals surface area contributed by atoms with Gasteiger partial charge in [0.1, 0.15) is 11.6 Å². The number of nitrogens with one attached hydrogen (secondary N) is 1. The largest absolute Gasteiger partial charge is 0.481 e. The van der Waals surface area contributed by atoms with Gasteiger partial charge in [0.05, 0.1) is 30.5 Å². The van der Waals surface area contributed by atoms with E-state index < -0.39 is 11.7 Å². The Labute approximate surface area is 197 Å². The summed E-state index contributed by atoms with van der Waals surface area (Å²) in [6.45, 7) is 4.86. The molecule has 34 heavy (non-hydrogen) atoms. The van der Waals surface area contributed by atoms with Crippen molar-refractivity contribution >= 4 is 11.7 Å². The molecule has 1 N–H and O–H groups in total. The van der Waals surface area contributed by atoms with Crippen LogP contribution in [0.1, 0.15) is 42.5 Å². The van der Waals surface area contributed by atoms with Crippen LogP contribution in [0.15, 0.2) is 36.8 Å². The second-order valence-electron chi connectivity index (χ2n) is 9.09. The van der Waals surface area contributed by atoms with Crippen LogP contribution in [0.3, 0.4) is 0 Å². The lowest BCUT2D eigenvalue weighted by Crippen LogP contribution is -2.46. The van der Waals surface area contributed by atoms with Gasteiger partial charge in [-0.05, 0) is 50.8 Å². The van der Waals surface area contributed by atoms with Crippen molar-refractivity contribution < 1.29 is 13.9 Å². The standard InChI is InChI=1S/C25H27FN6O2/c1-15(18-12-21(34-3)29-13-20(18)26)24(33)32-10-7-25(14-32)6-5-17-11-19(16(2)30-22(17)31-25)23-27-8-4-9-28-23/h4,8-9,11-13,15H,5-7,10,14H2,1-3H3,(H,30,31). The molecule has 1 amide bonds. The maximum Gasteiger partial charge on any atom is 0.230 e. The average Bonchev–Trinajstić information content (AvgIpc) is 3.26. The molecule has 1 saturated heterocycles. The van der Waals surface area contributed by atoms with Crippen molar-refractivity contribution in [2.45, 2.75) is 44.6 Å². The van der Waals surface area contributed by atoms with E-state index in [1.807, 2.05) is 11.8 Å². The first-order valence-corrected chi connectivity index (χ1v) is 11.4. The summed E-state index contributed by atoms with van der Waals surface area (Å²) in [5.74, 6) is 0.589. The highest BCUT2D eigenvalue weighted by atomic mass is 19.1. The Bertz CT molecular complexity index is 1240. The smallest absolute Gasteiger partial charge is 0.230 e. The summed E-state index contributed by atoms with van der Waals surface area (Å²) in [6, 6.07) is 5.41. The molecule has 2 aliphatic rings. The second kappa shape index (κ2) is 8.62. The Morgan fingerprint density at radius 2 is 2.03 bits per heavy atom. The molecular weight excluding hydrogens is 435 g/mol. The van der Waals surface area contributed by atoms with Crippen molar-refractivity contribution in [3.05, 3.63) is 59.4 Å². The monoisotopic (exact) mass is 462 g/mol. The second-order valence-corrected chi connectivity index (χ2v) is 9.09. The summed E-state index contributed by atoms with van der Waals surface area (Å²) in [5.41, 5.74) is 2.98. The van der Waals surface area contributed by atoms with E-state index in [2.05, 4.69) is 26.3 Å². The third-order valence-electron chi connectivity index (χ3n) is 6.93. The van der Waals surface area contributed by atoms with Crippen LogP contribution in [-0.2, 0) is 11.2 Å². The fraction of sp³-hybridized carbons (Fsp3) is 0.400. The van der Waals surface area contributed by atoms with Gasteiger partial charge >= 0.3 is 0 Å². The van der Waals surface area contributed by atoms with Crippen molar-refractivity contribution in [3.8, 4) is 17.3 Å². The summed E-state index contributed by atoms with van der Waals surface area (Å²) in [7, 11) is 1.47. The molecule has 0 saturated carbocycles. The minimum Gasteiger partial charge on any atom is -0.481 e. The van der Waals surface area contributed by atoms with E-state index in [9.17, 15) is 9.18 Å². The lowest BCUT2D eigenvalue weighted by Gasteiger charge is -2.36. The third-order valence-corrected chi connectivity index (χ3v) is 6.93. The third kappa shape index (κ3) is 3.95. The molecule has 9 heteroatoms. The quantitative estimate of drug-likeness (QED) is 0.634. The van der Waals surface area contributed by atoms with Crippen LogP contribution in [-0.4, -0.2) is 56.5 Å². The normalized spacial score (nSPS) is 20.1. The molecule has 1 spiro atoms. The molecule has 8 nitrogen and oxygen atoms in total. The number of rotatable bonds is 4. The lowest BCUT2D eigenvalue weighted by molar-refractivity contribution is -0.131. The minimum absolute atomic E-state index is 0.0997. The maximum absolute atomic E-state index is 14.4. The SMILES string of the molecule is COc1cc(C(C)C(=O)N2CCC3(CCc4cc(-c5ncccn5)c(C)nc4N3)C2)c(F)cn1. The molecule has 2 atom stereocenters. The predicted molar refractivity (Wildman–Crippen MR) is 125 cm³/mol. The Kier molecular flexibility index (Phi) is 5.63. The molecule has 2 unspecified atom stereocenters. The number of halogens is 1. The van der Waals surface area contributed by atoms with Gasteiger partial charge in [-0.2, -0.15) is 0 Å². The number of hydrogen-bond donors (Lipinski definition) is 1. The molecule has 1 fully saturated rings. The number of carbonyl (C=O) groups excluding carboxylic acids is 1. The van der Waals surface area contributed by atoms with Crippen molar-refractivity contribution in [3.63, 3.8) is 0 Å². The molecule has 0 radical (unpaired) electrons. The molecule has 0 bridgehead atoms. The number of anilines is 1. The highest BCUT2D eigenvalue weighted by Crippen LogP contribution is 2.38. The number of pyridine rings is 2. The van der Waals surface area contributed by atoms with E-state index in [1.54, 1.807) is 25.4 Å². The maximum atomic E-state index is 14.4. The summed E-state index contributed by atoms with van der Waals surface area (Å²) in [4.78, 5) is 32.5. The Morgan fingerprint density at radius 3 is 2.79 bits per heavy atom. The molecule has 2 aliphatic heterocycles. The van der Waals surface area contributed by atoms with Crippen molar-refractivity contribution in [2.24, 2.45) is 0 Å². The van der Waals surface area contributed by atoms with E-state index in [0.29, 0.717) is 30.4 Å². The first kappa shape index (κ1) is 22.2. The fourth-order valence-corrected chi connectivity index (χ4v) is 4.95. The first-order valence-electron chi connectivity index (χ1n) is 11.4. The molecular formula is C25H27FN6O2. The van der Waals surface area contributed by atoms with E-state index in [0.717, 1.165) is 48.1 Å². The van der Waals surface area contributed by atoms with E-state index in [-0.39, 0.29) is 11.4 Å². The van der Waals surface area contributed by atoms with Crippen molar-refractivity contribution in [1.29, 1.82) is 0 Å². The highest BCUT2D eigenvalue weighted by Gasteiger charge is 2.43. The average molecular weight is 463 g/mol. The minimum atomic E-state index is -0.628. The van der Waals surface area contributed by atoms with Crippen LogP contribution in [0.2, 0.25) is 0 Å². The van der Waals surface area contributed by atoms with Gasteiger partial charge in [-0.25, -0.2) is 24.3 Å². The van der Waals surface area contributed by atoms with Crippen LogP contribution < -0.4 is 10.1 Å². The van der Waals surface area contributed by atoms with E-state index in [4.69, 9.17) is 9.72 Å². The van der Waals surface area contributed by atoms with Gasteiger partial charge in [0.15, 0.2) is 5.82 Å². The number of fused-ring (bicyclic) bond motifs is 1. The van der Waals surface area contributed by atoms with Gasteiger partial charge in [-0.3, -0.25) is 4.79 Å². The van der Waals surface area contributed by atoms with Crippen LogP contribution in [0.4, 0.5) is 10.2 Å². The van der Waals surface area contributed by atoms with Crippen molar-refractivity contribution in [2.75, 3.05) is 25.5 Å². The number of nitrogens with zero attached hydrogens (tertiary/aromatic N) is 5. The van der Waals surface area contributed by atoms with Crippen LogP contribution in [0, 0.1) is 12.7 Å². The lowest BCUT2D eigenvalue weighted by atomic mass is 9.86. The molecule has 0 aliphatic carbocycles. The molecule has 0 aromatic carbocycles.